The van der Waals surface area contributed by atoms with Gasteiger partial charge in [0.15, 0.2) is 5.96 Å². The second kappa shape index (κ2) is 8.12. The minimum absolute atomic E-state index is 0.266. The van der Waals surface area contributed by atoms with Crippen LogP contribution in [-0.2, 0) is 12.0 Å². The molecule has 2 heterocycles. The van der Waals surface area contributed by atoms with Crippen LogP contribution in [0, 0.1) is 6.92 Å². The Hall–Kier alpha value is -1.40. The van der Waals surface area contributed by atoms with Crippen molar-refractivity contribution in [3.63, 3.8) is 0 Å². The maximum absolute atomic E-state index is 4.40. The molecule has 6 heteroatoms. The number of nitrogens with one attached hydrogen (secondary N) is 2. The van der Waals surface area contributed by atoms with Gasteiger partial charge < -0.3 is 10.6 Å². The Balaban J connectivity index is 1.60. The number of aliphatic imine (C=N–C) groups is 1. The lowest BCUT2D eigenvalue weighted by Crippen LogP contribution is -2.46. The van der Waals surface area contributed by atoms with Crippen molar-refractivity contribution in [2.24, 2.45) is 4.99 Å². The van der Waals surface area contributed by atoms with Crippen LogP contribution in [0.2, 0.25) is 0 Å². The molecule has 0 spiro atoms. The van der Waals surface area contributed by atoms with Gasteiger partial charge in [0.25, 0.3) is 0 Å². The van der Waals surface area contributed by atoms with E-state index in [9.17, 15) is 0 Å². The second-order valence-corrected chi connectivity index (χ2v) is 8.73. The van der Waals surface area contributed by atoms with Crippen LogP contribution in [0.1, 0.15) is 46.9 Å². The Morgan fingerprint density at radius 1 is 1.29 bits per heavy atom. The lowest BCUT2D eigenvalue weighted by molar-refractivity contribution is 0.296. The van der Waals surface area contributed by atoms with Crippen LogP contribution in [0.5, 0.6) is 0 Å². The lowest BCUT2D eigenvalue weighted by Gasteiger charge is -2.37. The van der Waals surface area contributed by atoms with Gasteiger partial charge in [-0.25, -0.2) is 4.98 Å². The van der Waals surface area contributed by atoms with Crippen molar-refractivity contribution in [3.05, 3.63) is 38.5 Å². The van der Waals surface area contributed by atoms with Gasteiger partial charge in [0, 0.05) is 35.0 Å². The molecule has 0 bridgehead atoms. The normalized spacial score (nSPS) is 17.7. The maximum Gasteiger partial charge on any atom is 0.191 e. The summed E-state index contributed by atoms with van der Waals surface area (Å²) in [6.07, 6.45) is 8.47. The number of hydrogen-bond acceptors (Lipinski definition) is 4. The van der Waals surface area contributed by atoms with E-state index in [0.717, 1.165) is 24.1 Å². The molecule has 0 amide bonds. The van der Waals surface area contributed by atoms with Crippen LogP contribution in [-0.4, -0.2) is 24.5 Å². The average Bonchev–Trinajstić information content (AvgIpc) is 3.28. The largest absolute Gasteiger partial charge is 0.355 e. The smallest absolute Gasteiger partial charge is 0.191 e. The van der Waals surface area contributed by atoms with E-state index >= 15 is 0 Å². The zero-order valence-corrected chi connectivity index (χ0v) is 16.1. The third-order valence-electron chi connectivity index (χ3n) is 4.75. The quantitative estimate of drug-likeness (QED) is 0.622. The number of rotatable bonds is 5. The van der Waals surface area contributed by atoms with Crippen molar-refractivity contribution in [2.75, 3.05) is 13.6 Å². The van der Waals surface area contributed by atoms with E-state index < -0.39 is 0 Å². The van der Waals surface area contributed by atoms with Crippen LogP contribution < -0.4 is 10.6 Å². The molecule has 1 aliphatic rings. The molecular weight excluding hydrogens is 336 g/mol. The zero-order chi connectivity index (χ0) is 16.8. The van der Waals surface area contributed by atoms with Crippen molar-refractivity contribution in [1.29, 1.82) is 0 Å². The average molecular weight is 363 g/mol. The maximum atomic E-state index is 4.40. The molecule has 24 heavy (non-hydrogen) atoms. The Labute approximate surface area is 152 Å². The fraction of sp³-hybridized carbons (Fsp3) is 0.556. The minimum atomic E-state index is 0.266. The first-order valence-corrected chi connectivity index (χ1v) is 10.3. The van der Waals surface area contributed by atoms with Gasteiger partial charge in [-0.2, -0.15) is 0 Å². The Morgan fingerprint density at radius 3 is 2.75 bits per heavy atom. The third-order valence-corrected chi connectivity index (χ3v) is 6.78. The summed E-state index contributed by atoms with van der Waals surface area (Å²) in [5.41, 5.74) is 0.266. The van der Waals surface area contributed by atoms with Crippen LogP contribution in [0.25, 0.3) is 0 Å². The van der Waals surface area contributed by atoms with E-state index in [1.54, 1.807) is 11.3 Å². The molecule has 2 N–H and O–H groups in total. The summed E-state index contributed by atoms with van der Waals surface area (Å²) >= 11 is 3.62. The number of thiophene rings is 1. The molecule has 0 saturated heterocycles. The highest BCUT2D eigenvalue weighted by molar-refractivity contribution is 7.11. The lowest BCUT2D eigenvalue weighted by atomic mass is 9.73. The number of aryl methyl sites for hydroxylation is 1. The second-order valence-electron chi connectivity index (χ2n) is 6.46. The summed E-state index contributed by atoms with van der Waals surface area (Å²) in [6, 6.07) is 4.47. The van der Waals surface area contributed by atoms with Crippen LogP contribution in [0.4, 0.5) is 0 Å². The molecule has 2 aromatic rings. The summed E-state index contributed by atoms with van der Waals surface area (Å²) < 4.78 is 0. The standard InChI is InChI=1S/C18H26N4S2/c1-14-11-20-16(24-14)12-21-17(19-2)22-13-18(8-4-3-5-9-18)15-7-6-10-23-15/h6-7,10-11H,3-5,8-9,12-13H2,1-2H3,(H2,19,21,22). The first-order valence-electron chi connectivity index (χ1n) is 8.62. The van der Waals surface area contributed by atoms with Gasteiger partial charge in [-0.1, -0.05) is 25.3 Å². The highest BCUT2D eigenvalue weighted by atomic mass is 32.1. The number of thiazole rings is 1. The van der Waals surface area contributed by atoms with Crippen LogP contribution >= 0.6 is 22.7 Å². The number of nitrogens with zero attached hydrogens (tertiary/aromatic N) is 2. The third kappa shape index (κ3) is 4.16. The van der Waals surface area contributed by atoms with Gasteiger partial charge in [0.1, 0.15) is 5.01 Å². The first-order chi connectivity index (χ1) is 11.7. The fourth-order valence-corrected chi connectivity index (χ4v) is 5.15. The minimum Gasteiger partial charge on any atom is -0.355 e. The molecule has 4 nitrogen and oxygen atoms in total. The monoisotopic (exact) mass is 362 g/mol. The summed E-state index contributed by atoms with van der Waals surface area (Å²) in [7, 11) is 1.83. The van der Waals surface area contributed by atoms with E-state index in [4.69, 9.17) is 0 Å². The van der Waals surface area contributed by atoms with Crippen LogP contribution in [0.15, 0.2) is 28.7 Å². The van der Waals surface area contributed by atoms with Gasteiger partial charge in [-0.3, -0.25) is 4.99 Å². The molecule has 0 unspecified atom stereocenters. The predicted molar refractivity (Wildman–Crippen MR) is 104 cm³/mol. The van der Waals surface area contributed by atoms with Crippen molar-refractivity contribution < 1.29 is 0 Å². The summed E-state index contributed by atoms with van der Waals surface area (Å²) in [5.74, 6) is 0.865. The highest BCUT2D eigenvalue weighted by Gasteiger charge is 2.34. The van der Waals surface area contributed by atoms with E-state index in [1.165, 1.54) is 41.9 Å². The molecule has 0 aliphatic heterocycles. The van der Waals surface area contributed by atoms with Gasteiger partial charge in [0.05, 0.1) is 6.54 Å². The fourth-order valence-electron chi connectivity index (χ4n) is 3.44. The van der Waals surface area contributed by atoms with Gasteiger partial charge >= 0.3 is 0 Å². The van der Waals surface area contributed by atoms with E-state index in [-0.39, 0.29) is 5.41 Å². The van der Waals surface area contributed by atoms with E-state index in [1.807, 2.05) is 24.6 Å². The molecule has 0 radical (unpaired) electrons. The molecular formula is C18H26N4S2. The van der Waals surface area contributed by atoms with E-state index in [0.29, 0.717) is 0 Å². The number of hydrogen-bond donors (Lipinski definition) is 2. The molecule has 1 fully saturated rings. The summed E-state index contributed by atoms with van der Waals surface area (Å²) in [4.78, 5) is 11.5. The van der Waals surface area contributed by atoms with E-state index in [2.05, 4.69) is 45.0 Å². The zero-order valence-electron chi connectivity index (χ0n) is 14.5. The molecule has 1 aliphatic carbocycles. The molecule has 2 aromatic heterocycles. The Kier molecular flexibility index (Phi) is 5.89. The van der Waals surface area contributed by atoms with Gasteiger partial charge in [0.2, 0.25) is 0 Å². The van der Waals surface area contributed by atoms with Crippen molar-refractivity contribution in [2.45, 2.75) is 51.0 Å². The van der Waals surface area contributed by atoms with Crippen LogP contribution in [0.3, 0.4) is 0 Å². The first kappa shape index (κ1) is 17.4. The van der Waals surface area contributed by atoms with Gasteiger partial charge in [-0.05, 0) is 31.2 Å². The molecule has 0 atom stereocenters. The van der Waals surface area contributed by atoms with Crippen molar-refractivity contribution >= 4 is 28.6 Å². The SMILES string of the molecule is CN=C(NCc1ncc(C)s1)NCC1(c2cccs2)CCCCC1. The topological polar surface area (TPSA) is 49.3 Å². The summed E-state index contributed by atoms with van der Waals surface area (Å²) in [5, 5.41) is 10.3. The summed E-state index contributed by atoms with van der Waals surface area (Å²) in [6.45, 7) is 3.76. The van der Waals surface area contributed by atoms with Crippen molar-refractivity contribution in [3.8, 4) is 0 Å². The molecule has 0 aromatic carbocycles. The Bertz CT molecular complexity index is 654. The predicted octanol–water partition coefficient (Wildman–Crippen LogP) is 4.08. The number of aromatic nitrogens is 1. The number of guanidine groups is 1. The molecule has 1 saturated carbocycles. The Morgan fingerprint density at radius 2 is 2.12 bits per heavy atom. The van der Waals surface area contributed by atoms with Gasteiger partial charge in [-0.15, -0.1) is 22.7 Å². The highest BCUT2D eigenvalue weighted by Crippen LogP contribution is 2.41. The van der Waals surface area contributed by atoms with Crippen molar-refractivity contribution in [1.82, 2.24) is 15.6 Å². The molecule has 3 rings (SSSR count). The molecule has 130 valence electrons.